The molecule has 0 saturated heterocycles. The van der Waals surface area contributed by atoms with E-state index in [1.807, 2.05) is 13.8 Å². The molecule has 0 aromatic heterocycles. The second kappa shape index (κ2) is 8.45. The molecule has 22 heavy (non-hydrogen) atoms. The molecule has 0 radical (unpaired) electrons. The Labute approximate surface area is 154 Å². The monoisotopic (exact) mass is 336 g/mol. The molecule has 0 amide bonds. The van der Waals surface area contributed by atoms with Crippen LogP contribution in [-0.2, 0) is 14.9 Å². The molecule has 0 N–H and O–H groups in total. The standard InChI is InChI=1S/C15H22O5S.Na/c1-11(2)9-15(3,4)10-14(16)20-12-7-5-6-8-13(12)21(17,18)19;/h5-8,11H,9-10H2,1-4H3,(H,17,18,19);/q;+1/p-1. The molecule has 0 atom stereocenters. The van der Waals surface area contributed by atoms with Crippen molar-refractivity contribution in [3.8, 4) is 5.75 Å². The molecule has 1 rings (SSSR count). The molecular formula is C15H21NaO5S. The van der Waals surface area contributed by atoms with Gasteiger partial charge in [0.15, 0.2) is 0 Å². The van der Waals surface area contributed by atoms with Crippen LogP contribution in [0.2, 0.25) is 0 Å². The van der Waals surface area contributed by atoms with Crippen molar-refractivity contribution in [2.24, 2.45) is 11.3 Å². The first-order chi connectivity index (χ1) is 9.51. The predicted molar refractivity (Wildman–Crippen MR) is 77.9 cm³/mol. The van der Waals surface area contributed by atoms with Crippen molar-refractivity contribution in [2.45, 2.75) is 45.4 Å². The van der Waals surface area contributed by atoms with Crippen LogP contribution < -0.4 is 34.3 Å². The minimum Gasteiger partial charge on any atom is -0.744 e. The quantitative estimate of drug-likeness (QED) is 0.315. The van der Waals surface area contributed by atoms with Gasteiger partial charge in [0, 0.05) is 0 Å². The van der Waals surface area contributed by atoms with E-state index in [0.717, 1.165) is 12.5 Å². The van der Waals surface area contributed by atoms with Crippen LogP contribution in [0.1, 0.15) is 40.5 Å². The van der Waals surface area contributed by atoms with Gasteiger partial charge in [-0.25, -0.2) is 8.42 Å². The van der Waals surface area contributed by atoms with Gasteiger partial charge in [-0.3, -0.25) is 4.79 Å². The first-order valence-corrected chi connectivity index (χ1v) is 8.18. The summed E-state index contributed by atoms with van der Waals surface area (Å²) in [6.07, 6.45) is 0.988. The Hall–Kier alpha value is -0.400. The number of hydrogen-bond donors (Lipinski definition) is 0. The number of carbonyl (C=O) groups is 1. The van der Waals surface area contributed by atoms with E-state index in [4.69, 9.17) is 4.74 Å². The fourth-order valence-corrected chi connectivity index (χ4v) is 3.07. The minimum atomic E-state index is -4.67. The number of esters is 1. The molecule has 1 aromatic rings. The fourth-order valence-electron chi connectivity index (χ4n) is 2.47. The Morgan fingerprint density at radius 3 is 2.32 bits per heavy atom. The Balaban J connectivity index is 0.00000441. The van der Waals surface area contributed by atoms with Gasteiger partial charge < -0.3 is 9.29 Å². The smallest absolute Gasteiger partial charge is 0.744 e. The second-order valence-electron chi connectivity index (χ2n) is 6.31. The van der Waals surface area contributed by atoms with Crippen LogP contribution in [0.25, 0.3) is 0 Å². The van der Waals surface area contributed by atoms with Crippen molar-refractivity contribution >= 4 is 16.1 Å². The summed E-state index contributed by atoms with van der Waals surface area (Å²) >= 11 is 0. The molecular weight excluding hydrogens is 315 g/mol. The molecule has 0 unspecified atom stereocenters. The molecule has 1 aromatic carbocycles. The molecule has 0 heterocycles. The van der Waals surface area contributed by atoms with Crippen LogP contribution in [0.3, 0.4) is 0 Å². The Morgan fingerprint density at radius 1 is 1.27 bits per heavy atom. The van der Waals surface area contributed by atoms with Gasteiger partial charge in [0.2, 0.25) is 0 Å². The molecule has 5 nitrogen and oxygen atoms in total. The average Bonchev–Trinajstić information content (AvgIpc) is 2.24. The zero-order valence-corrected chi connectivity index (χ0v) is 16.6. The Kier molecular flexibility index (Phi) is 8.30. The Morgan fingerprint density at radius 2 is 1.82 bits per heavy atom. The number of hydrogen-bond acceptors (Lipinski definition) is 5. The summed E-state index contributed by atoms with van der Waals surface area (Å²) in [6.45, 7) is 8.02. The predicted octanol–water partition coefficient (Wildman–Crippen LogP) is -0.0375. The van der Waals surface area contributed by atoms with Gasteiger partial charge in [0.1, 0.15) is 15.9 Å². The van der Waals surface area contributed by atoms with E-state index in [1.165, 1.54) is 18.2 Å². The number of rotatable bonds is 6. The number of ether oxygens (including phenoxy) is 1. The molecule has 118 valence electrons. The summed E-state index contributed by atoms with van der Waals surface area (Å²) in [7, 11) is -4.67. The maximum absolute atomic E-state index is 12.0. The van der Waals surface area contributed by atoms with Crippen molar-refractivity contribution in [1.82, 2.24) is 0 Å². The SMILES string of the molecule is CC(C)CC(C)(C)CC(=O)Oc1ccccc1S(=O)(=O)[O-].[Na+]. The van der Waals surface area contributed by atoms with Crippen molar-refractivity contribution in [2.75, 3.05) is 0 Å². The first kappa shape index (κ1) is 21.6. The van der Waals surface area contributed by atoms with Crippen LogP contribution in [0.15, 0.2) is 29.2 Å². The summed E-state index contributed by atoms with van der Waals surface area (Å²) in [5, 5.41) is 0. The summed E-state index contributed by atoms with van der Waals surface area (Å²) in [5.74, 6) is -0.322. The molecule has 0 aliphatic heterocycles. The van der Waals surface area contributed by atoms with Crippen LogP contribution in [-0.4, -0.2) is 18.9 Å². The third-order valence-electron chi connectivity index (χ3n) is 2.93. The van der Waals surface area contributed by atoms with Crippen LogP contribution in [0.5, 0.6) is 5.75 Å². The zero-order chi connectivity index (χ0) is 16.3. The molecule has 7 heteroatoms. The molecule has 0 saturated carbocycles. The van der Waals surface area contributed by atoms with E-state index >= 15 is 0 Å². The molecule has 0 aliphatic rings. The van der Waals surface area contributed by atoms with E-state index in [9.17, 15) is 17.8 Å². The van der Waals surface area contributed by atoms with Gasteiger partial charge in [-0.2, -0.15) is 0 Å². The fraction of sp³-hybridized carbons (Fsp3) is 0.533. The zero-order valence-electron chi connectivity index (χ0n) is 13.8. The molecule has 0 bridgehead atoms. The third-order valence-corrected chi connectivity index (χ3v) is 3.80. The minimum absolute atomic E-state index is 0. The van der Waals surface area contributed by atoms with Gasteiger partial charge in [-0.1, -0.05) is 39.8 Å². The van der Waals surface area contributed by atoms with Gasteiger partial charge in [0.05, 0.1) is 11.3 Å². The normalized spacial score (nSPS) is 11.9. The topological polar surface area (TPSA) is 83.5 Å². The van der Waals surface area contributed by atoms with Crippen LogP contribution in [0, 0.1) is 11.3 Å². The number of carbonyl (C=O) groups excluding carboxylic acids is 1. The summed E-state index contributed by atoms with van der Waals surface area (Å²) < 4.78 is 38.4. The second-order valence-corrected chi connectivity index (χ2v) is 7.66. The average molecular weight is 336 g/mol. The van der Waals surface area contributed by atoms with Crippen LogP contribution in [0.4, 0.5) is 0 Å². The maximum atomic E-state index is 12.0. The van der Waals surface area contributed by atoms with Crippen molar-refractivity contribution in [3.63, 3.8) is 0 Å². The van der Waals surface area contributed by atoms with Crippen molar-refractivity contribution < 1.29 is 52.1 Å². The van der Waals surface area contributed by atoms with Gasteiger partial charge in [0.25, 0.3) is 0 Å². The van der Waals surface area contributed by atoms with E-state index in [-0.39, 0.29) is 47.1 Å². The number of benzene rings is 1. The van der Waals surface area contributed by atoms with Gasteiger partial charge in [-0.15, -0.1) is 0 Å². The van der Waals surface area contributed by atoms with E-state index in [2.05, 4.69) is 13.8 Å². The number of para-hydroxylation sites is 1. The summed E-state index contributed by atoms with van der Waals surface area (Å²) in [4.78, 5) is 11.5. The van der Waals surface area contributed by atoms with Crippen LogP contribution >= 0.6 is 0 Å². The van der Waals surface area contributed by atoms with E-state index in [0.29, 0.717) is 5.92 Å². The molecule has 0 fully saturated rings. The summed E-state index contributed by atoms with van der Waals surface area (Å²) in [6, 6.07) is 5.35. The summed E-state index contributed by atoms with van der Waals surface area (Å²) in [5.41, 5.74) is -0.253. The third kappa shape index (κ3) is 7.24. The molecule has 0 aliphatic carbocycles. The molecule has 0 spiro atoms. The van der Waals surface area contributed by atoms with Gasteiger partial charge in [-0.05, 0) is 29.9 Å². The van der Waals surface area contributed by atoms with Crippen molar-refractivity contribution in [1.29, 1.82) is 0 Å². The first-order valence-electron chi connectivity index (χ1n) is 6.77. The van der Waals surface area contributed by atoms with E-state index < -0.39 is 21.0 Å². The van der Waals surface area contributed by atoms with Gasteiger partial charge >= 0.3 is 35.5 Å². The Bertz CT molecular complexity index is 608. The largest absolute Gasteiger partial charge is 1.00 e. The van der Waals surface area contributed by atoms with E-state index in [1.54, 1.807) is 0 Å². The van der Waals surface area contributed by atoms with Crippen molar-refractivity contribution in [3.05, 3.63) is 24.3 Å². The maximum Gasteiger partial charge on any atom is 1.00 e.